The lowest BCUT2D eigenvalue weighted by molar-refractivity contribution is -0.129. The summed E-state index contributed by atoms with van der Waals surface area (Å²) in [5.74, 6) is 0.752. The first kappa shape index (κ1) is 13.9. The van der Waals surface area contributed by atoms with Crippen LogP contribution in [0.15, 0.2) is 0 Å². The Balaban J connectivity index is 2.51. The van der Waals surface area contributed by atoms with Gasteiger partial charge in [-0.05, 0) is 6.92 Å². The number of methoxy groups -OCH3 is 1. The number of rotatable bonds is 6. The van der Waals surface area contributed by atoms with E-state index in [1.807, 2.05) is 0 Å². The molecule has 0 aliphatic rings. The summed E-state index contributed by atoms with van der Waals surface area (Å²) < 4.78 is 9.12. The number of carbonyl (C=O) groups excluding carboxylic acids is 1. The van der Waals surface area contributed by atoms with Crippen molar-refractivity contribution in [2.24, 2.45) is 0 Å². The minimum absolute atomic E-state index is 0.0126. The molecule has 0 radical (unpaired) electrons. The molecule has 1 N–H and O–H groups in total. The fourth-order valence-corrected chi connectivity index (χ4v) is 1.94. The van der Waals surface area contributed by atoms with Gasteiger partial charge in [-0.2, -0.15) is 4.37 Å². The van der Waals surface area contributed by atoms with E-state index in [1.54, 1.807) is 33.0 Å². The van der Waals surface area contributed by atoms with E-state index in [1.165, 1.54) is 11.5 Å². The average molecular weight is 258 g/mol. The lowest BCUT2D eigenvalue weighted by atomic mass is 10.3. The maximum atomic E-state index is 11.6. The lowest BCUT2D eigenvalue weighted by Gasteiger charge is -2.16. The Bertz CT molecular complexity index is 367. The molecule has 1 amide bonds. The maximum Gasteiger partial charge on any atom is 0.244 e. The monoisotopic (exact) mass is 258 g/mol. The van der Waals surface area contributed by atoms with Crippen LogP contribution < -0.4 is 5.32 Å². The van der Waals surface area contributed by atoms with Gasteiger partial charge in [0, 0.05) is 39.2 Å². The summed E-state index contributed by atoms with van der Waals surface area (Å²) in [5, 5.41) is 3.70. The van der Waals surface area contributed by atoms with Gasteiger partial charge in [-0.3, -0.25) is 4.79 Å². The zero-order valence-electron chi connectivity index (χ0n) is 10.6. The van der Waals surface area contributed by atoms with Gasteiger partial charge in [-0.15, -0.1) is 0 Å². The third-order valence-electron chi connectivity index (χ3n) is 2.15. The Kier molecular flexibility index (Phi) is 5.30. The second-order valence-electron chi connectivity index (χ2n) is 3.86. The summed E-state index contributed by atoms with van der Waals surface area (Å²) in [4.78, 5) is 17.4. The van der Waals surface area contributed by atoms with Gasteiger partial charge in [0.1, 0.15) is 11.9 Å². The van der Waals surface area contributed by atoms with Crippen LogP contribution in [-0.4, -0.2) is 54.0 Å². The predicted molar refractivity (Wildman–Crippen MR) is 67.3 cm³/mol. The van der Waals surface area contributed by atoms with Crippen LogP contribution in [0.1, 0.15) is 12.7 Å². The van der Waals surface area contributed by atoms with Crippen molar-refractivity contribution in [3.8, 4) is 0 Å². The topological polar surface area (TPSA) is 67.3 Å². The fourth-order valence-electron chi connectivity index (χ4n) is 1.24. The zero-order chi connectivity index (χ0) is 12.8. The molecule has 0 bridgehead atoms. The molecular weight excluding hydrogens is 240 g/mol. The maximum absolute atomic E-state index is 11.6. The van der Waals surface area contributed by atoms with E-state index in [0.29, 0.717) is 18.2 Å². The number of hydrogen-bond donors (Lipinski definition) is 1. The van der Waals surface area contributed by atoms with Crippen molar-refractivity contribution in [3.63, 3.8) is 0 Å². The molecule has 0 unspecified atom stereocenters. The van der Waals surface area contributed by atoms with Crippen molar-refractivity contribution >= 4 is 22.6 Å². The molecule has 17 heavy (non-hydrogen) atoms. The third-order valence-corrected chi connectivity index (χ3v) is 2.83. The van der Waals surface area contributed by atoms with Gasteiger partial charge in [-0.25, -0.2) is 4.98 Å². The van der Waals surface area contributed by atoms with E-state index in [0.717, 1.165) is 5.82 Å². The number of nitrogens with zero attached hydrogens (tertiary/aromatic N) is 3. The molecule has 1 aromatic heterocycles. The van der Waals surface area contributed by atoms with Crippen LogP contribution >= 0.6 is 11.5 Å². The van der Waals surface area contributed by atoms with Gasteiger partial charge in [0.25, 0.3) is 0 Å². The molecule has 0 aliphatic carbocycles. The fraction of sp³-hybridized carbons (Fsp3) is 0.700. The van der Waals surface area contributed by atoms with E-state index in [4.69, 9.17) is 4.74 Å². The van der Waals surface area contributed by atoms with E-state index in [2.05, 4.69) is 14.7 Å². The average Bonchev–Trinajstić information content (AvgIpc) is 2.72. The number of nitrogens with one attached hydrogen (secondary N) is 1. The number of carbonyl (C=O) groups is 1. The van der Waals surface area contributed by atoms with Crippen molar-refractivity contribution < 1.29 is 9.53 Å². The summed E-state index contributed by atoms with van der Waals surface area (Å²) in [5.41, 5.74) is 0. The summed E-state index contributed by atoms with van der Waals surface area (Å²) >= 11 is 1.26. The van der Waals surface area contributed by atoms with Gasteiger partial charge >= 0.3 is 0 Å². The van der Waals surface area contributed by atoms with E-state index >= 15 is 0 Å². The minimum atomic E-state index is -0.298. The Morgan fingerprint density at radius 1 is 1.59 bits per heavy atom. The summed E-state index contributed by atoms with van der Waals surface area (Å²) in [6.45, 7) is 2.40. The van der Waals surface area contributed by atoms with Crippen LogP contribution in [0, 0.1) is 0 Å². The number of anilines is 1. The number of ether oxygens (including phenoxy) is 1. The van der Waals surface area contributed by atoms with Crippen LogP contribution in [0.25, 0.3) is 0 Å². The Morgan fingerprint density at radius 3 is 2.88 bits per heavy atom. The second kappa shape index (κ2) is 6.51. The van der Waals surface area contributed by atoms with E-state index in [9.17, 15) is 4.79 Å². The Morgan fingerprint density at radius 2 is 2.29 bits per heavy atom. The van der Waals surface area contributed by atoms with Crippen LogP contribution in [0.2, 0.25) is 0 Å². The molecule has 1 heterocycles. The number of amides is 1. The summed E-state index contributed by atoms with van der Waals surface area (Å²) in [7, 11) is 5.10. The van der Waals surface area contributed by atoms with Crippen LogP contribution in [0.3, 0.4) is 0 Å². The van der Waals surface area contributed by atoms with Gasteiger partial charge < -0.3 is 15.0 Å². The minimum Gasteiger partial charge on any atom is -0.384 e. The van der Waals surface area contributed by atoms with E-state index < -0.39 is 0 Å². The largest absolute Gasteiger partial charge is 0.384 e. The van der Waals surface area contributed by atoms with Crippen molar-refractivity contribution in [3.05, 3.63) is 5.82 Å². The highest BCUT2D eigenvalue weighted by Gasteiger charge is 2.16. The highest BCUT2D eigenvalue weighted by atomic mass is 32.1. The smallest absolute Gasteiger partial charge is 0.244 e. The number of likely N-dealkylation sites (N-methyl/N-ethyl adjacent to an activating group) is 1. The molecule has 0 saturated heterocycles. The zero-order valence-corrected chi connectivity index (χ0v) is 11.4. The Labute approximate surface area is 105 Å². The normalized spacial score (nSPS) is 12.2. The SMILES string of the molecule is COCCc1nsc(N[C@@H](C)C(=O)N(C)C)n1. The standard InChI is InChI=1S/C10H18N4O2S/c1-7(9(15)14(2)3)11-10-12-8(13-17-10)5-6-16-4/h7H,5-6H2,1-4H3,(H,11,12,13)/t7-/m0/s1. The van der Waals surface area contributed by atoms with Gasteiger partial charge in [0.2, 0.25) is 11.0 Å². The van der Waals surface area contributed by atoms with Crippen LogP contribution in [0.5, 0.6) is 0 Å². The van der Waals surface area contributed by atoms with Gasteiger partial charge in [0.15, 0.2) is 0 Å². The molecule has 1 aromatic rings. The van der Waals surface area contributed by atoms with Gasteiger partial charge in [-0.1, -0.05) is 0 Å². The summed E-state index contributed by atoms with van der Waals surface area (Å²) in [6, 6.07) is -0.298. The molecule has 0 spiro atoms. The second-order valence-corrected chi connectivity index (χ2v) is 4.61. The molecule has 96 valence electrons. The number of aromatic nitrogens is 2. The van der Waals surface area contributed by atoms with Gasteiger partial charge in [0.05, 0.1) is 6.61 Å². The van der Waals surface area contributed by atoms with Crippen molar-refractivity contribution in [2.45, 2.75) is 19.4 Å². The third kappa shape index (κ3) is 4.27. The highest BCUT2D eigenvalue weighted by Crippen LogP contribution is 2.13. The van der Waals surface area contributed by atoms with Crippen molar-refractivity contribution in [1.82, 2.24) is 14.3 Å². The first-order valence-corrected chi connectivity index (χ1v) is 6.11. The molecule has 0 aliphatic heterocycles. The molecule has 0 saturated carbocycles. The first-order chi connectivity index (χ1) is 8.04. The molecule has 0 fully saturated rings. The molecule has 6 nitrogen and oxygen atoms in total. The quantitative estimate of drug-likeness (QED) is 0.810. The molecule has 1 rings (SSSR count). The highest BCUT2D eigenvalue weighted by molar-refractivity contribution is 7.09. The molecule has 0 aromatic carbocycles. The lowest BCUT2D eigenvalue weighted by Crippen LogP contribution is -2.36. The predicted octanol–water partition coefficient (Wildman–Crippen LogP) is 0.616. The number of hydrogen-bond acceptors (Lipinski definition) is 6. The molecule has 7 heteroatoms. The Hall–Kier alpha value is -1.21. The van der Waals surface area contributed by atoms with Crippen molar-refractivity contribution in [2.75, 3.05) is 33.1 Å². The van der Waals surface area contributed by atoms with Crippen LogP contribution in [0.4, 0.5) is 5.13 Å². The van der Waals surface area contributed by atoms with Crippen molar-refractivity contribution in [1.29, 1.82) is 0 Å². The van der Waals surface area contributed by atoms with Crippen LogP contribution in [-0.2, 0) is 16.0 Å². The molecule has 1 atom stereocenters. The summed E-state index contributed by atoms with van der Waals surface area (Å²) in [6.07, 6.45) is 0.685. The van der Waals surface area contributed by atoms with E-state index in [-0.39, 0.29) is 11.9 Å². The first-order valence-electron chi connectivity index (χ1n) is 5.33. The molecular formula is C10H18N4O2S.